The molecule has 37 heavy (non-hydrogen) atoms. The maximum atomic E-state index is 11.9. The Morgan fingerprint density at radius 2 is 1.59 bits per heavy atom. The molecule has 0 aliphatic carbocycles. The Morgan fingerprint density at radius 3 is 2.27 bits per heavy atom. The first-order valence-electron chi connectivity index (χ1n) is 12.4. The molecule has 0 amide bonds. The number of anilines is 2. The topological polar surface area (TPSA) is 74.7 Å². The number of pyridine rings is 1. The van der Waals surface area contributed by atoms with E-state index in [-0.39, 0.29) is 5.56 Å². The number of unbranched alkanes of at least 4 members (excludes halogenated alkanes) is 1. The number of hydrogen-bond donors (Lipinski definition) is 2. The lowest BCUT2D eigenvalue weighted by atomic mass is 10.0. The standard InChI is InChI=1S/C29H31Cl2N3O3/c1-20-6-4-7-23-26(20)33-28-24(8-5-9-25(28)29(35)36)27(23)32-21-10-12-22(13-11-21)37-19-3-2-16-34(17-14-30)18-15-31/h4-13H,2-3,14-19H2,1H3,(H,32,33)(H,35,36). The molecule has 0 unspecified atom stereocenters. The van der Waals surface area contributed by atoms with Gasteiger partial charge < -0.3 is 20.1 Å². The van der Waals surface area contributed by atoms with Crippen LogP contribution in [-0.2, 0) is 0 Å². The van der Waals surface area contributed by atoms with Crippen molar-refractivity contribution >= 4 is 62.4 Å². The Bertz CT molecular complexity index is 1360. The number of aromatic carboxylic acids is 1. The van der Waals surface area contributed by atoms with Gasteiger partial charge in [-0.25, -0.2) is 9.78 Å². The fourth-order valence-electron chi connectivity index (χ4n) is 4.42. The van der Waals surface area contributed by atoms with E-state index < -0.39 is 5.97 Å². The van der Waals surface area contributed by atoms with Crippen molar-refractivity contribution < 1.29 is 14.6 Å². The Labute approximate surface area is 227 Å². The molecule has 0 bridgehead atoms. The fraction of sp³-hybridized carbons (Fsp3) is 0.310. The second-order valence-electron chi connectivity index (χ2n) is 8.89. The molecule has 8 heteroatoms. The SMILES string of the molecule is Cc1cccc2c(Nc3ccc(OCCCCN(CCCl)CCCl)cc3)c3cccc(C(=O)O)c3nc12. The number of fused-ring (bicyclic) bond motifs is 2. The van der Waals surface area contributed by atoms with Crippen LogP contribution >= 0.6 is 23.2 Å². The molecule has 3 aromatic carbocycles. The number of carboxylic acid groups (broad SMARTS) is 1. The number of nitrogens with zero attached hydrogens (tertiary/aromatic N) is 2. The van der Waals surface area contributed by atoms with Gasteiger partial charge in [-0.15, -0.1) is 23.2 Å². The molecule has 1 heterocycles. The van der Waals surface area contributed by atoms with Crippen LogP contribution in [0.4, 0.5) is 11.4 Å². The smallest absolute Gasteiger partial charge is 0.337 e. The molecule has 1 aromatic heterocycles. The molecular weight excluding hydrogens is 509 g/mol. The third-order valence-corrected chi connectivity index (χ3v) is 6.67. The number of hydrogen-bond acceptors (Lipinski definition) is 5. The normalized spacial score (nSPS) is 11.4. The monoisotopic (exact) mass is 539 g/mol. The average molecular weight is 540 g/mol. The number of halogens is 2. The fourth-order valence-corrected chi connectivity index (χ4v) is 4.90. The minimum atomic E-state index is -0.996. The Balaban J connectivity index is 1.48. The van der Waals surface area contributed by atoms with Crippen LogP contribution in [0.1, 0.15) is 28.8 Å². The second-order valence-corrected chi connectivity index (χ2v) is 9.65. The van der Waals surface area contributed by atoms with E-state index in [0.717, 1.165) is 71.5 Å². The van der Waals surface area contributed by atoms with E-state index in [0.29, 0.717) is 23.9 Å². The van der Waals surface area contributed by atoms with Crippen LogP contribution in [0.3, 0.4) is 0 Å². The van der Waals surface area contributed by atoms with Crippen molar-refractivity contribution in [2.24, 2.45) is 0 Å². The molecule has 4 aromatic rings. The second kappa shape index (κ2) is 13.0. The van der Waals surface area contributed by atoms with E-state index in [9.17, 15) is 9.90 Å². The minimum absolute atomic E-state index is 0.183. The molecule has 0 radical (unpaired) electrons. The van der Waals surface area contributed by atoms with E-state index in [2.05, 4.69) is 10.2 Å². The molecule has 0 saturated carbocycles. The van der Waals surface area contributed by atoms with Gasteiger partial charge in [-0.1, -0.05) is 30.3 Å². The van der Waals surface area contributed by atoms with Gasteiger partial charge >= 0.3 is 5.97 Å². The highest BCUT2D eigenvalue weighted by Gasteiger charge is 2.16. The summed E-state index contributed by atoms with van der Waals surface area (Å²) >= 11 is 11.7. The number of carbonyl (C=O) groups is 1. The van der Waals surface area contributed by atoms with Gasteiger partial charge in [-0.2, -0.15) is 0 Å². The van der Waals surface area contributed by atoms with Crippen molar-refractivity contribution in [1.82, 2.24) is 9.88 Å². The van der Waals surface area contributed by atoms with E-state index in [1.807, 2.05) is 55.5 Å². The van der Waals surface area contributed by atoms with Crippen LogP contribution in [-0.4, -0.2) is 59.0 Å². The predicted octanol–water partition coefficient (Wildman–Crippen LogP) is 7.08. The highest BCUT2D eigenvalue weighted by atomic mass is 35.5. The first kappa shape index (κ1) is 27.0. The summed E-state index contributed by atoms with van der Waals surface area (Å²) in [4.78, 5) is 18.9. The Morgan fingerprint density at radius 1 is 0.919 bits per heavy atom. The number of aromatic nitrogens is 1. The third-order valence-electron chi connectivity index (χ3n) is 6.33. The molecule has 0 aliphatic rings. The van der Waals surface area contributed by atoms with Gasteiger partial charge in [0.2, 0.25) is 0 Å². The lowest BCUT2D eigenvalue weighted by molar-refractivity contribution is 0.0699. The van der Waals surface area contributed by atoms with Crippen LogP contribution in [0.15, 0.2) is 60.7 Å². The van der Waals surface area contributed by atoms with Crippen molar-refractivity contribution in [2.45, 2.75) is 19.8 Å². The average Bonchev–Trinajstić information content (AvgIpc) is 2.89. The summed E-state index contributed by atoms with van der Waals surface area (Å²) in [7, 11) is 0. The van der Waals surface area contributed by atoms with Gasteiger partial charge in [0.25, 0.3) is 0 Å². The van der Waals surface area contributed by atoms with Gasteiger partial charge in [0.1, 0.15) is 5.75 Å². The van der Waals surface area contributed by atoms with Gasteiger partial charge in [-0.3, -0.25) is 0 Å². The number of nitrogens with one attached hydrogen (secondary N) is 1. The van der Waals surface area contributed by atoms with E-state index in [4.69, 9.17) is 32.9 Å². The first-order valence-corrected chi connectivity index (χ1v) is 13.5. The highest BCUT2D eigenvalue weighted by molar-refractivity contribution is 6.18. The Hall–Kier alpha value is -3.06. The number of ether oxygens (including phenoxy) is 1. The maximum absolute atomic E-state index is 11.9. The van der Waals surface area contributed by atoms with Crippen molar-refractivity contribution in [2.75, 3.05) is 43.3 Å². The molecule has 0 fully saturated rings. The minimum Gasteiger partial charge on any atom is -0.494 e. The predicted molar refractivity (Wildman–Crippen MR) is 153 cm³/mol. The van der Waals surface area contributed by atoms with E-state index >= 15 is 0 Å². The van der Waals surface area contributed by atoms with Gasteiger partial charge in [0.15, 0.2) is 0 Å². The quantitative estimate of drug-likeness (QED) is 0.107. The molecule has 0 spiro atoms. The lowest BCUT2D eigenvalue weighted by Crippen LogP contribution is -2.29. The third kappa shape index (κ3) is 6.63. The van der Waals surface area contributed by atoms with Crippen molar-refractivity contribution in [3.8, 4) is 5.75 Å². The highest BCUT2D eigenvalue weighted by Crippen LogP contribution is 2.35. The van der Waals surface area contributed by atoms with Crippen LogP contribution in [0.5, 0.6) is 5.75 Å². The van der Waals surface area contributed by atoms with E-state index in [1.165, 1.54) is 0 Å². The summed E-state index contributed by atoms with van der Waals surface area (Å²) in [5.74, 6) is 1.03. The number of rotatable bonds is 13. The number of benzene rings is 3. The molecule has 0 atom stereocenters. The zero-order valence-electron chi connectivity index (χ0n) is 20.8. The molecule has 0 aliphatic heterocycles. The van der Waals surface area contributed by atoms with Crippen LogP contribution < -0.4 is 10.1 Å². The summed E-state index contributed by atoms with van der Waals surface area (Å²) in [6.45, 7) is 5.28. The molecular formula is C29H31Cl2N3O3. The number of alkyl halides is 2. The Kier molecular flexibility index (Phi) is 9.45. The van der Waals surface area contributed by atoms with Gasteiger partial charge in [-0.05, 0) is 62.2 Å². The van der Waals surface area contributed by atoms with Gasteiger partial charge in [0.05, 0.1) is 28.9 Å². The molecule has 2 N–H and O–H groups in total. The summed E-state index contributed by atoms with van der Waals surface area (Å²) in [5, 5.41) is 14.9. The van der Waals surface area contributed by atoms with E-state index in [1.54, 1.807) is 12.1 Å². The number of para-hydroxylation sites is 2. The largest absolute Gasteiger partial charge is 0.494 e. The summed E-state index contributed by atoms with van der Waals surface area (Å²) in [5.41, 5.74) is 4.12. The zero-order valence-corrected chi connectivity index (χ0v) is 22.4. The van der Waals surface area contributed by atoms with Crippen LogP contribution in [0.2, 0.25) is 0 Å². The van der Waals surface area contributed by atoms with Crippen LogP contribution in [0.25, 0.3) is 21.8 Å². The molecule has 0 saturated heterocycles. The summed E-state index contributed by atoms with van der Waals surface area (Å²) in [6, 6.07) is 19.0. The summed E-state index contributed by atoms with van der Waals surface area (Å²) < 4.78 is 5.94. The summed E-state index contributed by atoms with van der Waals surface area (Å²) in [6.07, 6.45) is 1.97. The molecule has 194 valence electrons. The van der Waals surface area contributed by atoms with Crippen molar-refractivity contribution in [3.63, 3.8) is 0 Å². The number of carboxylic acids is 1. The maximum Gasteiger partial charge on any atom is 0.337 e. The van der Waals surface area contributed by atoms with Gasteiger partial charge in [0, 0.05) is 41.3 Å². The molecule has 6 nitrogen and oxygen atoms in total. The van der Waals surface area contributed by atoms with Crippen LogP contribution in [0, 0.1) is 6.92 Å². The number of aryl methyl sites for hydroxylation is 1. The first-order chi connectivity index (χ1) is 18.0. The molecule has 4 rings (SSSR count). The lowest BCUT2D eigenvalue weighted by Gasteiger charge is -2.19. The zero-order chi connectivity index (χ0) is 26.2. The van der Waals surface area contributed by atoms with Crippen molar-refractivity contribution in [1.29, 1.82) is 0 Å². The van der Waals surface area contributed by atoms with Crippen molar-refractivity contribution in [3.05, 3.63) is 71.8 Å².